The van der Waals surface area contributed by atoms with E-state index in [-0.39, 0.29) is 35.7 Å². The molecule has 3 aliphatic rings. The first-order valence-corrected chi connectivity index (χ1v) is 15.0. The Morgan fingerprint density at radius 2 is 1.76 bits per heavy atom. The van der Waals surface area contributed by atoms with Gasteiger partial charge in [0.2, 0.25) is 0 Å². The summed E-state index contributed by atoms with van der Waals surface area (Å²) in [6.45, 7) is 8.03. The molecule has 1 saturated heterocycles. The quantitative estimate of drug-likeness (QED) is 0.322. The molecule has 5 rings (SSSR count). The summed E-state index contributed by atoms with van der Waals surface area (Å²) in [5, 5.41) is 7.63. The van der Waals surface area contributed by atoms with Crippen LogP contribution in [0.5, 0.6) is 11.5 Å². The lowest BCUT2D eigenvalue weighted by atomic mass is 9.93. The number of hydrogen-bond donors (Lipinski definition) is 1. The summed E-state index contributed by atoms with van der Waals surface area (Å²) in [4.78, 5) is 31.2. The molecule has 2 heterocycles. The Labute approximate surface area is 242 Å². The first-order chi connectivity index (χ1) is 19.9. The average Bonchev–Trinajstić information content (AvgIpc) is 3.91. The SMILES string of the molecule is COCCCOc1cc(C(=O)N(C[C@@H]2CNC[C@H]2CN(C(=O)c2cc(C3CC3)on2)C2CC2)C(C)C)ccc1OC. The van der Waals surface area contributed by atoms with Gasteiger partial charge in [-0.3, -0.25) is 9.59 Å². The van der Waals surface area contributed by atoms with Crippen molar-refractivity contribution in [3.8, 4) is 11.5 Å². The van der Waals surface area contributed by atoms with E-state index in [4.69, 9.17) is 18.7 Å². The number of nitrogens with one attached hydrogen (secondary N) is 1. The number of amides is 2. The van der Waals surface area contributed by atoms with Crippen molar-refractivity contribution in [1.82, 2.24) is 20.3 Å². The van der Waals surface area contributed by atoms with E-state index in [0.29, 0.717) is 55.0 Å². The van der Waals surface area contributed by atoms with E-state index in [1.54, 1.807) is 32.4 Å². The van der Waals surface area contributed by atoms with Crippen LogP contribution in [-0.2, 0) is 4.74 Å². The van der Waals surface area contributed by atoms with Gasteiger partial charge in [0.25, 0.3) is 11.8 Å². The lowest BCUT2D eigenvalue weighted by Crippen LogP contribution is -2.45. The lowest BCUT2D eigenvalue weighted by Gasteiger charge is -2.33. The number of nitrogens with zero attached hydrogens (tertiary/aromatic N) is 3. The molecule has 1 aromatic carbocycles. The van der Waals surface area contributed by atoms with E-state index in [1.165, 1.54) is 0 Å². The number of benzene rings is 1. The van der Waals surface area contributed by atoms with Gasteiger partial charge in [-0.15, -0.1) is 0 Å². The molecule has 224 valence electrons. The van der Waals surface area contributed by atoms with E-state index < -0.39 is 0 Å². The van der Waals surface area contributed by atoms with Crippen molar-refractivity contribution in [2.45, 2.75) is 64.0 Å². The summed E-state index contributed by atoms with van der Waals surface area (Å²) in [5.41, 5.74) is 0.982. The van der Waals surface area contributed by atoms with Gasteiger partial charge in [0.05, 0.1) is 13.7 Å². The van der Waals surface area contributed by atoms with Crippen molar-refractivity contribution in [2.24, 2.45) is 11.8 Å². The highest BCUT2D eigenvalue weighted by atomic mass is 16.5. The Hall–Kier alpha value is -3.11. The number of hydrogen-bond acceptors (Lipinski definition) is 8. The number of carbonyl (C=O) groups is 2. The Morgan fingerprint density at radius 1 is 1.00 bits per heavy atom. The van der Waals surface area contributed by atoms with E-state index in [9.17, 15) is 9.59 Å². The third-order valence-electron chi connectivity index (χ3n) is 8.36. The van der Waals surface area contributed by atoms with Crippen molar-refractivity contribution < 1.29 is 28.3 Å². The maximum absolute atomic E-state index is 13.8. The predicted molar refractivity (Wildman–Crippen MR) is 154 cm³/mol. The molecular formula is C31H44N4O6. The fourth-order valence-electron chi connectivity index (χ4n) is 5.60. The second kappa shape index (κ2) is 13.2. The summed E-state index contributed by atoms with van der Waals surface area (Å²) >= 11 is 0. The van der Waals surface area contributed by atoms with Gasteiger partial charge in [-0.2, -0.15) is 0 Å². The van der Waals surface area contributed by atoms with Gasteiger partial charge in [0.1, 0.15) is 5.76 Å². The van der Waals surface area contributed by atoms with Gasteiger partial charge < -0.3 is 33.9 Å². The zero-order valence-corrected chi connectivity index (χ0v) is 24.8. The van der Waals surface area contributed by atoms with Crippen LogP contribution in [0.4, 0.5) is 0 Å². The van der Waals surface area contributed by atoms with Crippen LogP contribution in [0.3, 0.4) is 0 Å². The topological polar surface area (TPSA) is 106 Å². The summed E-state index contributed by atoms with van der Waals surface area (Å²) in [6.07, 6.45) is 5.00. The molecule has 0 unspecified atom stereocenters. The minimum Gasteiger partial charge on any atom is -0.493 e. The Morgan fingerprint density at radius 3 is 2.41 bits per heavy atom. The van der Waals surface area contributed by atoms with Crippen molar-refractivity contribution in [2.75, 3.05) is 53.6 Å². The summed E-state index contributed by atoms with van der Waals surface area (Å²) < 4.78 is 22.0. The Balaban J connectivity index is 1.26. The molecule has 1 aromatic heterocycles. The highest BCUT2D eigenvalue weighted by Crippen LogP contribution is 2.40. The lowest BCUT2D eigenvalue weighted by molar-refractivity contribution is 0.0609. The smallest absolute Gasteiger partial charge is 0.276 e. The predicted octanol–water partition coefficient (Wildman–Crippen LogP) is 3.97. The van der Waals surface area contributed by atoms with Gasteiger partial charge in [-0.1, -0.05) is 5.16 Å². The second-order valence-electron chi connectivity index (χ2n) is 11.9. The molecule has 2 aliphatic carbocycles. The number of rotatable bonds is 15. The number of aromatic nitrogens is 1. The van der Waals surface area contributed by atoms with E-state index in [2.05, 4.69) is 10.5 Å². The molecule has 0 radical (unpaired) electrons. The van der Waals surface area contributed by atoms with Crippen molar-refractivity contribution >= 4 is 11.8 Å². The van der Waals surface area contributed by atoms with Crippen LogP contribution in [0.1, 0.15) is 78.5 Å². The summed E-state index contributed by atoms with van der Waals surface area (Å²) in [6, 6.07) is 7.46. The minimum absolute atomic E-state index is 0.00839. The molecule has 2 atom stereocenters. The Bertz CT molecular complexity index is 1190. The summed E-state index contributed by atoms with van der Waals surface area (Å²) in [5.74, 6) is 2.77. The first-order valence-electron chi connectivity index (χ1n) is 15.0. The third kappa shape index (κ3) is 7.22. The largest absolute Gasteiger partial charge is 0.493 e. The molecule has 2 saturated carbocycles. The van der Waals surface area contributed by atoms with Gasteiger partial charge in [-0.25, -0.2) is 0 Å². The van der Waals surface area contributed by atoms with Crippen LogP contribution in [0.25, 0.3) is 0 Å². The number of ether oxygens (including phenoxy) is 3. The molecular weight excluding hydrogens is 524 g/mol. The van der Waals surface area contributed by atoms with E-state index >= 15 is 0 Å². The molecule has 0 spiro atoms. The molecule has 3 fully saturated rings. The maximum atomic E-state index is 13.8. The third-order valence-corrected chi connectivity index (χ3v) is 8.36. The zero-order chi connectivity index (χ0) is 28.9. The fraction of sp³-hybridized carbons (Fsp3) is 0.645. The van der Waals surface area contributed by atoms with Crippen molar-refractivity contribution in [1.29, 1.82) is 0 Å². The molecule has 41 heavy (non-hydrogen) atoms. The highest BCUT2D eigenvalue weighted by molar-refractivity contribution is 5.95. The van der Waals surface area contributed by atoms with Crippen LogP contribution >= 0.6 is 0 Å². The van der Waals surface area contributed by atoms with Crippen LogP contribution in [0.15, 0.2) is 28.8 Å². The van der Waals surface area contributed by atoms with Crippen LogP contribution in [0, 0.1) is 11.8 Å². The van der Waals surface area contributed by atoms with Gasteiger partial charge >= 0.3 is 0 Å². The van der Waals surface area contributed by atoms with Gasteiger partial charge in [0.15, 0.2) is 17.2 Å². The van der Waals surface area contributed by atoms with Gasteiger partial charge in [0, 0.05) is 75.9 Å². The number of carbonyl (C=O) groups excluding carboxylic acids is 2. The molecule has 2 amide bonds. The second-order valence-corrected chi connectivity index (χ2v) is 11.9. The average molecular weight is 569 g/mol. The first kappa shape index (κ1) is 29.4. The molecule has 10 heteroatoms. The monoisotopic (exact) mass is 568 g/mol. The zero-order valence-electron chi connectivity index (χ0n) is 24.8. The molecule has 1 aliphatic heterocycles. The molecule has 1 N–H and O–H groups in total. The van der Waals surface area contributed by atoms with E-state index in [1.807, 2.05) is 29.7 Å². The van der Waals surface area contributed by atoms with E-state index in [0.717, 1.165) is 51.0 Å². The minimum atomic E-state index is -0.0413. The van der Waals surface area contributed by atoms with Crippen molar-refractivity contribution in [3.05, 3.63) is 41.3 Å². The molecule has 2 aromatic rings. The van der Waals surface area contributed by atoms with Gasteiger partial charge in [-0.05, 0) is 69.6 Å². The van der Waals surface area contributed by atoms with Crippen LogP contribution in [0.2, 0.25) is 0 Å². The summed E-state index contributed by atoms with van der Waals surface area (Å²) in [7, 11) is 3.25. The molecule has 0 bridgehead atoms. The molecule has 10 nitrogen and oxygen atoms in total. The standard InChI is InChI=1S/C31H44N4O6/c1-20(2)34(30(36)22-8-11-27(39-4)29(14-22)40-13-5-12-38-3)18-23-16-32-17-24(23)19-35(25-9-10-25)31(37)26-15-28(41-33-26)21-6-7-21/h8,11,14-15,20-21,23-25,32H,5-7,9-10,12-13,16-19H2,1-4H3/t23-,24-/m0/s1. The normalized spacial score (nSPS) is 20.3. The fourth-order valence-corrected chi connectivity index (χ4v) is 5.60. The maximum Gasteiger partial charge on any atom is 0.276 e. The Kier molecular flexibility index (Phi) is 9.49. The van der Waals surface area contributed by atoms with Crippen LogP contribution < -0.4 is 14.8 Å². The highest BCUT2D eigenvalue weighted by Gasteiger charge is 2.40. The van der Waals surface area contributed by atoms with Crippen molar-refractivity contribution in [3.63, 3.8) is 0 Å². The van der Waals surface area contributed by atoms with Crippen LogP contribution in [-0.4, -0.2) is 92.5 Å². The number of methoxy groups -OCH3 is 2.